The molecule has 0 bridgehead atoms. The molecule has 3 aliphatic rings. The number of benzene rings is 1. The predicted molar refractivity (Wildman–Crippen MR) is 117 cm³/mol. The van der Waals surface area contributed by atoms with E-state index in [0.29, 0.717) is 12.3 Å². The van der Waals surface area contributed by atoms with Crippen LogP contribution in [0.5, 0.6) is 11.5 Å². The van der Waals surface area contributed by atoms with Crippen molar-refractivity contribution >= 4 is 0 Å². The Morgan fingerprint density at radius 2 is 2.10 bits per heavy atom. The summed E-state index contributed by atoms with van der Waals surface area (Å²) in [5.74, 6) is 1.96. The molecule has 6 nitrogen and oxygen atoms in total. The summed E-state index contributed by atoms with van der Waals surface area (Å²) >= 11 is 0. The number of aliphatic hydroxyl groups is 1. The summed E-state index contributed by atoms with van der Waals surface area (Å²) in [6.45, 7) is 4.78. The second-order valence-electron chi connectivity index (χ2n) is 9.03. The molecule has 0 aromatic heterocycles. The first-order valence-corrected chi connectivity index (χ1v) is 11.1. The number of ether oxygens (including phenoxy) is 1. The van der Waals surface area contributed by atoms with Gasteiger partial charge in [0.15, 0.2) is 0 Å². The van der Waals surface area contributed by atoms with Crippen LogP contribution in [0, 0.1) is 5.92 Å². The topological polar surface area (TPSA) is 98.5 Å². The third-order valence-corrected chi connectivity index (χ3v) is 7.34. The maximum absolute atomic E-state index is 11.0. The van der Waals surface area contributed by atoms with Crippen molar-refractivity contribution in [1.29, 1.82) is 0 Å². The summed E-state index contributed by atoms with van der Waals surface area (Å²) in [6, 6.07) is 4.07. The molecule has 1 fully saturated rings. The molecular formula is C24H31N3O3. The summed E-state index contributed by atoms with van der Waals surface area (Å²) < 4.78 is 6.13. The van der Waals surface area contributed by atoms with Gasteiger partial charge in [-0.2, -0.15) is 0 Å². The Balaban J connectivity index is 1.58. The highest BCUT2D eigenvalue weighted by Gasteiger charge is 2.42. The van der Waals surface area contributed by atoms with Crippen LogP contribution >= 0.6 is 0 Å². The fourth-order valence-electron chi connectivity index (χ4n) is 5.46. The van der Waals surface area contributed by atoms with Gasteiger partial charge in [0.25, 0.3) is 0 Å². The normalized spacial score (nSPS) is 23.9. The van der Waals surface area contributed by atoms with Gasteiger partial charge in [0, 0.05) is 28.9 Å². The van der Waals surface area contributed by atoms with Crippen LogP contribution in [0.15, 0.2) is 41.2 Å². The van der Waals surface area contributed by atoms with E-state index in [9.17, 15) is 10.2 Å². The third kappa shape index (κ3) is 3.82. The number of phenols is 1. The lowest BCUT2D eigenvalue weighted by molar-refractivity contribution is 0.215. The molecule has 160 valence electrons. The Hall–Kier alpha value is -2.43. The van der Waals surface area contributed by atoms with Crippen molar-refractivity contribution in [2.75, 3.05) is 13.2 Å². The predicted octanol–water partition coefficient (Wildman–Crippen LogP) is 6.00. The molecule has 0 amide bonds. The van der Waals surface area contributed by atoms with E-state index in [1.165, 1.54) is 6.42 Å². The van der Waals surface area contributed by atoms with E-state index in [-0.39, 0.29) is 23.9 Å². The van der Waals surface area contributed by atoms with Gasteiger partial charge in [-0.15, -0.1) is 0 Å². The second kappa shape index (κ2) is 8.75. The number of allylic oxidation sites excluding steroid dienone is 2. The number of nitrogens with zero attached hydrogens (tertiary/aromatic N) is 3. The third-order valence-electron chi connectivity index (χ3n) is 7.34. The summed E-state index contributed by atoms with van der Waals surface area (Å²) in [5, 5.41) is 24.2. The zero-order valence-electron chi connectivity index (χ0n) is 17.5. The zero-order valence-corrected chi connectivity index (χ0v) is 17.5. The molecule has 6 heteroatoms. The highest BCUT2D eigenvalue weighted by atomic mass is 16.5. The van der Waals surface area contributed by atoms with Crippen molar-refractivity contribution in [3.05, 3.63) is 57.7 Å². The first-order chi connectivity index (χ1) is 14.6. The van der Waals surface area contributed by atoms with Gasteiger partial charge in [-0.25, -0.2) is 0 Å². The van der Waals surface area contributed by atoms with Crippen molar-refractivity contribution in [3.8, 4) is 11.5 Å². The molecule has 0 radical (unpaired) electrons. The summed E-state index contributed by atoms with van der Waals surface area (Å²) in [4.78, 5) is 2.81. The molecule has 1 saturated carbocycles. The largest absolute Gasteiger partial charge is 0.507 e. The summed E-state index contributed by atoms with van der Waals surface area (Å²) in [5.41, 5.74) is 11.5. The molecule has 0 saturated heterocycles. The fourth-order valence-corrected chi connectivity index (χ4v) is 5.46. The SMILES string of the molecule is C=C1Oc2cc(C3(CCCCCN=[N+]=[N-])CCC3)cc(O)c2[C@H]2C=C(CO)CC[C@H]12. The summed E-state index contributed by atoms with van der Waals surface area (Å²) in [7, 11) is 0. The molecule has 30 heavy (non-hydrogen) atoms. The molecular weight excluding hydrogens is 378 g/mol. The monoisotopic (exact) mass is 409 g/mol. The van der Waals surface area contributed by atoms with Crippen LogP contribution in [0.4, 0.5) is 0 Å². The van der Waals surface area contributed by atoms with E-state index in [0.717, 1.165) is 79.6 Å². The van der Waals surface area contributed by atoms with E-state index >= 15 is 0 Å². The lowest BCUT2D eigenvalue weighted by Crippen LogP contribution is -2.34. The summed E-state index contributed by atoms with van der Waals surface area (Å²) in [6.07, 6.45) is 11.4. The van der Waals surface area contributed by atoms with E-state index in [4.69, 9.17) is 10.3 Å². The van der Waals surface area contributed by atoms with Gasteiger partial charge < -0.3 is 14.9 Å². The van der Waals surface area contributed by atoms with E-state index in [1.54, 1.807) is 0 Å². The van der Waals surface area contributed by atoms with Crippen molar-refractivity contribution in [3.63, 3.8) is 0 Å². The maximum atomic E-state index is 11.0. The van der Waals surface area contributed by atoms with Gasteiger partial charge in [-0.3, -0.25) is 0 Å². The number of unbranched alkanes of at least 4 members (excludes halogenated alkanes) is 2. The van der Waals surface area contributed by atoms with Gasteiger partial charge in [0.2, 0.25) is 0 Å². The minimum absolute atomic E-state index is 0.0178. The Labute approximate surface area is 177 Å². The molecule has 1 aromatic carbocycles. The number of aromatic hydroxyl groups is 1. The van der Waals surface area contributed by atoms with Crippen LogP contribution in [0.2, 0.25) is 0 Å². The quantitative estimate of drug-likeness (QED) is 0.181. The van der Waals surface area contributed by atoms with Crippen LogP contribution in [0.3, 0.4) is 0 Å². The Bertz CT molecular complexity index is 897. The van der Waals surface area contributed by atoms with Crippen LogP contribution in [-0.2, 0) is 5.41 Å². The number of azide groups is 1. The number of rotatable bonds is 8. The van der Waals surface area contributed by atoms with Crippen LogP contribution < -0.4 is 4.74 Å². The molecule has 1 aromatic rings. The van der Waals surface area contributed by atoms with E-state index < -0.39 is 0 Å². The lowest BCUT2D eigenvalue weighted by Gasteiger charge is -2.44. The van der Waals surface area contributed by atoms with E-state index in [1.807, 2.05) is 6.07 Å². The van der Waals surface area contributed by atoms with E-state index in [2.05, 4.69) is 28.7 Å². The average Bonchev–Trinajstić information content (AvgIpc) is 2.71. The zero-order chi connectivity index (χ0) is 21.1. The average molecular weight is 410 g/mol. The second-order valence-corrected chi connectivity index (χ2v) is 9.03. The first-order valence-electron chi connectivity index (χ1n) is 11.1. The van der Waals surface area contributed by atoms with Gasteiger partial charge >= 0.3 is 0 Å². The number of phenolic OH excluding ortho intramolecular Hbond substituents is 1. The van der Waals surface area contributed by atoms with Gasteiger partial charge in [-0.05, 0) is 72.7 Å². The standard InChI is InChI=1S/C24H31N3O3/c1-16-19-7-6-17(15-28)12-20(19)23-21(29)13-18(14-22(23)30-16)24(9-5-10-24)8-3-2-4-11-26-27-25/h12-14,19-20,28-29H,1-11,15H2/t19-,20+/m1/s1. The van der Waals surface area contributed by atoms with Crippen molar-refractivity contribution in [2.24, 2.45) is 11.0 Å². The maximum Gasteiger partial charge on any atom is 0.134 e. The lowest BCUT2D eigenvalue weighted by atomic mass is 9.61. The minimum Gasteiger partial charge on any atom is -0.507 e. The molecule has 2 atom stereocenters. The highest BCUT2D eigenvalue weighted by Crippen LogP contribution is 2.55. The van der Waals surface area contributed by atoms with Gasteiger partial charge in [0.05, 0.1) is 6.61 Å². The molecule has 0 spiro atoms. The van der Waals surface area contributed by atoms with Crippen molar-refractivity contribution in [1.82, 2.24) is 0 Å². The molecule has 1 heterocycles. The molecule has 1 aliphatic heterocycles. The van der Waals surface area contributed by atoms with Crippen molar-refractivity contribution in [2.45, 2.75) is 69.1 Å². The first kappa shape index (κ1) is 20.8. The number of aliphatic hydroxyl groups excluding tert-OH is 1. The smallest absolute Gasteiger partial charge is 0.134 e. The number of hydrogen-bond donors (Lipinski definition) is 2. The number of hydrogen-bond acceptors (Lipinski definition) is 4. The fraction of sp³-hybridized carbons (Fsp3) is 0.583. The van der Waals surface area contributed by atoms with Gasteiger partial charge in [0.1, 0.15) is 17.3 Å². The Morgan fingerprint density at radius 3 is 2.80 bits per heavy atom. The number of fused-ring (bicyclic) bond motifs is 3. The van der Waals surface area contributed by atoms with Crippen LogP contribution in [-0.4, -0.2) is 23.4 Å². The van der Waals surface area contributed by atoms with Crippen LogP contribution in [0.1, 0.15) is 74.8 Å². The Kier molecular flexibility index (Phi) is 6.07. The molecule has 2 N–H and O–H groups in total. The molecule has 2 aliphatic carbocycles. The highest BCUT2D eigenvalue weighted by molar-refractivity contribution is 5.56. The van der Waals surface area contributed by atoms with Crippen LogP contribution in [0.25, 0.3) is 10.4 Å². The Morgan fingerprint density at radius 1 is 1.27 bits per heavy atom. The molecule has 4 rings (SSSR count). The molecule has 0 unspecified atom stereocenters. The van der Waals surface area contributed by atoms with Gasteiger partial charge in [-0.1, -0.05) is 37.0 Å². The van der Waals surface area contributed by atoms with Crippen molar-refractivity contribution < 1.29 is 14.9 Å². The minimum atomic E-state index is 0.0178.